The lowest BCUT2D eigenvalue weighted by Crippen LogP contribution is -1.99. The van der Waals surface area contributed by atoms with Gasteiger partial charge in [0.25, 0.3) is 5.70 Å². The standard InChI is InChI=1S/C16H11FN2O4/c17-13-8-10(19(21)22)2-1-3-16(13)23-15-6-7-18-14-5-4-11(20)9-12(14)15/h2-9,20H,1H2. The molecule has 0 saturated heterocycles. The van der Waals surface area contributed by atoms with Crippen LogP contribution in [0.4, 0.5) is 4.39 Å². The van der Waals surface area contributed by atoms with E-state index in [-0.39, 0.29) is 23.6 Å². The van der Waals surface area contributed by atoms with Gasteiger partial charge in [0, 0.05) is 11.6 Å². The van der Waals surface area contributed by atoms with E-state index in [0.29, 0.717) is 16.7 Å². The Kier molecular flexibility index (Phi) is 3.76. The Balaban J connectivity index is 1.97. The second-order valence-electron chi connectivity index (χ2n) is 4.80. The SMILES string of the molecule is O=[N+]([O-])C1=CCC=C(Oc2ccnc3ccc(O)cc23)C(F)=C1. The van der Waals surface area contributed by atoms with Gasteiger partial charge in [0.2, 0.25) is 0 Å². The molecule has 116 valence electrons. The van der Waals surface area contributed by atoms with Crippen LogP contribution in [0.5, 0.6) is 11.5 Å². The zero-order valence-electron chi connectivity index (χ0n) is 11.8. The second-order valence-corrected chi connectivity index (χ2v) is 4.80. The van der Waals surface area contributed by atoms with Crippen molar-refractivity contribution in [1.82, 2.24) is 4.98 Å². The van der Waals surface area contributed by atoms with Gasteiger partial charge in [-0.2, -0.15) is 0 Å². The fraction of sp³-hybridized carbons (Fsp3) is 0.0625. The molecule has 2 aromatic rings. The molecule has 0 radical (unpaired) electrons. The van der Waals surface area contributed by atoms with Gasteiger partial charge in [-0.1, -0.05) is 0 Å². The molecule has 23 heavy (non-hydrogen) atoms. The van der Waals surface area contributed by atoms with Crippen molar-refractivity contribution in [1.29, 1.82) is 0 Å². The summed E-state index contributed by atoms with van der Waals surface area (Å²) in [5.41, 5.74) is 0.248. The summed E-state index contributed by atoms with van der Waals surface area (Å²) >= 11 is 0. The van der Waals surface area contributed by atoms with Gasteiger partial charge >= 0.3 is 0 Å². The van der Waals surface area contributed by atoms with Gasteiger partial charge in [-0.3, -0.25) is 15.1 Å². The predicted octanol–water partition coefficient (Wildman–Crippen LogP) is 3.62. The largest absolute Gasteiger partial charge is 0.508 e. The summed E-state index contributed by atoms with van der Waals surface area (Å²) in [5, 5.41) is 20.8. The van der Waals surface area contributed by atoms with Crippen LogP contribution in [0.1, 0.15) is 6.42 Å². The number of aromatic nitrogens is 1. The van der Waals surface area contributed by atoms with Crippen molar-refractivity contribution in [3.63, 3.8) is 0 Å². The normalized spacial score (nSPS) is 14.6. The number of phenolic OH excluding ortho intramolecular Hbond substituents is 1. The summed E-state index contributed by atoms with van der Waals surface area (Å²) in [6.07, 6.45) is 5.20. The number of nitrogens with zero attached hydrogens (tertiary/aromatic N) is 2. The molecule has 0 amide bonds. The monoisotopic (exact) mass is 314 g/mol. The first-order valence-corrected chi connectivity index (χ1v) is 6.72. The van der Waals surface area contributed by atoms with Crippen LogP contribution in [0, 0.1) is 10.1 Å². The maximum absolute atomic E-state index is 14.1. The number of pyridine rings is 1. The zero-order chi connectivity index (χ0) is 16.4. The van der Waals surface area contributed by atoms with Gasteiger partial charge in [-0.05, 0) is 42.8 Å². The molecule has 1 heterocycles. The number of ether oxygens (including phenoxy) is 1. The Labute approximate surface area is 130 Å². The minimum Gasteiger partial charge on any atom is -0.508 e. The first-order valence-electron chi connectivity index (χ1n) is 6.72. The van der Waals surface area contributed by atoms with Crippen molar-refractivity contribution in [2.24, 2.45) is 0 Å². The molecule has 6 nitrogen and oxygen atoms in total. The van der Waals surface area contributed by atoms with Gasteiger partial charge in [0.05, 0.1) is 16.5 Å². The Morgan fingerprint density at radius 3 is 2.91 bits per heavy atom. The molecular weight excluding hydrogens is 303 g/mol. The van der Waals surface area contributed by atoms with Gasteiger partial charge in [-0.25, -0.2) is 4.39 Å². The van der Waals surface area contributed by atoms with Crippen molar-refractivity contribution in [3.05, 3.63) is 76.1 Å². The molecule has 1 aliphatic rings. The van der Waals surface area contributed by atoms with Gasteiger partial charge < -0.3 is 9.84 Å². The molecule has 0 fully saturated rings. The fourth-order valence-corrected chi connectivity index (χ4v) is 2.18. The van der Waals surface area contributed by atoms with Crippen LogP contribution in [0.2, 0.25) is 0 Å². The number of hydrogen-bond acceptors (Lipinski definition) is 5. The molecule has 0 atom stereocenters. The van der Waals surface area contributed by atoms with Crippen molar-refractivity contribution in [2.75, 3.05) is 0 Å². The lowest BCUT2D eigenvalue weighted by Gasteiger charge is -2.10. The Morgan fingerprint density at radius 1 is 1.30 bits per heavy atom. The number of phenols is 1. The molecule has 0 spiro atoms. The predicted molar refractivity (Wildman–Crippen MR) is 81.0 cm³/mol. The smallest absolute Gasteiger partial charge is 0.268 e. The number of halogens is 1. The third-order valence-electron chi connectivity index (χ3n) is 3.26. The average Bonchev–Trinajstić information content (AvgIpc) is 2.70. The van der Waals surface area contributed by atoms with Crippen LogP contribution in [-0.4, -0.2) is 15.0 Å². The quantitative estimate of drug-likeness (QED) is 0.691. The molecule has 0 aliphatic heterocycles. The number of allylic oxidation sites excluding steroid dienone is 4. The van der Waals surface area contributed by atoms with Gasteiger partial charge in [-0.15, -0.1) is 0 Å². The van der Waals surface area contributed by atoms with Crippen LogP contribution in [0.25, 0.3) is 10.9 Å². The van der Waals surface area contributed by atoms with Gasteiger partial charge in [0.15, 0.2) is 11.6 Å². The maximum atomic E-state index is 14.1. The van der Waals surface area contributed by atoms with Gasteiger partial charge in [0.1, 0.15) is 11.5 Å². The fourth-order valence-electron chi connectivity index (χ4n) is 2.18. The summed E-state index contributed by atoms with van der Waals surface area (Å²) in [6, 6.07) is 6.08. The summed E-state index contributed by atoms with van der Waals surface area (Å²) in [5.74, 6) is -0.631. The molecule has 1 aromatic heterocycles. The first kappa shape index (κ1) is 14.7. The van der Waals surface area contributed by atoms with E-state index in [1.807, 2.05) is 0 Å². The average molecular weight is 314 g/mol. The maximum Gasteiger partial charge on any atom is 0.268 e. The number of hydrogen-bond donors (Lipinski definition) is 1. The highest BCUT2D eigenvalue weighted by Crippen LogP contribution is 2.31. The number of fused-ring (bicyclic) bond motifs is 1. The van der Waals surface area contributed by atoms with Crippen molar-refractivity contribution in [3.8, 4) is 11.5 Å². The number of benzene rings is 1. The van der Waals surface area contributed by atoms with E-state index in [1.165, 1.54) is 36.5 Å². The molecule has 0 unspecified atom stereocenters. The lowest BCUT2D eigenvalue weighted by atomic mass is 10.2. The number of aromatic hydroxyl groups is 1. The van der Waals surface area contributed by atoms with Crippen molar-refractivity contribution >= 4 is 10.9 Å². The minimum atomic E-state index is -0.837. The molecular formula is C16H11FN2O4. The van der Waals surface area contributed by atoms with E-state index in [1.54, 1.807) is 6.07 Å². The minimum absolute atomic E-state index is 0.0264. The molecule has 1 aromatic carbocycles. The van der Waals surface area contributed by atoms with E-state index < -0.39 is 10.8 Å². The highest BCUT2D eigenvalue weighted by Gasteiger charge is 2.17. The summed E-state index contributed by atoms with van der Waals surface area (Å²) < 4.78 is 19.7. The lowest BCUT2D eigenvalue weighted by molar-refractivity contribution is -0.419. The van der Waals surface area contributed by atoms with Crippen LogP contribution < -0.4 is 4.74 Å². The third-order valence-corrected chi connectivity index (χ3v) is 3.26. The zero-order valence-corrected chi connectivity index (χ0v) is 11.8. The van der Waals surface area contributed by atoms with Crippen LogP contribution in [0.15, 0.2) is 66.0 Å². The van der Waals surface area contributed by atoms with E-state index in [0.717, 1.165) is 6.08 Å². The molecule has 1 aliphatic carbocycles. The Bertz CT molecular complexity index is 887. The topological polar surface area (TPSA) is 85.5 Å². The van der Waals surface area contributed by atoms with Crippen molar-refractivity contribution in [2.45, 2.75) is 6.42 Å². The summed E-state index contributed by atoms with van der Waals surface area (Å²) in [7, 11) is 0. The van der Waals surface area contributed by atoms with E-state index in [2.05, 4.69) is 4.98 Å². The van der Waals surface area contributed by atoms with Crippen LogP contribution in [-0.2, 0) is 0 Å². The molecule has 0 bridgehead atoms. The Hall–Kier alpha value is -3.22. The second kappa shape index (κ2) is 5.88. The van der Waals surface area contributed by atoms with E-state index in [4.69, 9.17) is 4.74 Å². The number of nitro groups is 1. The number of rotatable bonds is 3. The first-order chi connectivity index (χ1) is 11.0. The highest BCUT2D eigenvalue weighted by atomic mass is 19.1. The summed E-state index contributed by atoms with van der Waals surface area (Å²) in [4.78, 5) is 14.2. The third kappa shape index (κ3) is 3.03. The summed E-state index contributed by atoms with van der Waals surface area (Å²) in [6.45, 7) is 0. The molecule has 3 rings (SSSR count). The van der Waals surface area contributed by atoms with Crippen LogP contribution in [0.3, 0.4) is 0 Å². The highest BCUT2D eigenvalue weighted by molar-refractivity contribution is 5.86. The van der Waals surface area contributed by atoms with E-state index in [9.17, 15) is 19.6 Å². The Morgan fingerprint density at radius 2 is 2.13 bits per heavy atom. The van der Waals surface area contributed by atoms with Crippen LogP contribution >= 0.6 is 0 Å². The van der Waals surface area contributed by atoms with Crippen molar-refractivity contribution < 1.29 is 19.2 Å². The molecule has 0 saturated carbocycles. The van der Waals surface area contributed by atoms with E-state index >= 15 is 0 Å². The molecule has 7 heteroatoms. The molecule has 1 N–H and O–H groups in total.